The highest BCUT2D eigenvalue weighted by Gasteiger charge is 2.16. The highest BCUT2D eigenvalue weighted by Crippen LogP contribution is 2.24. The lowest BCUT2D eigenvalue weighted by molar-refractivity contribution is -0.121. The monoisotopic (exact) mass is 416 g/mol. The molecule has 164 valence electrons. The molecule has 2 aromatic rings. The van der Waals surface area contributed by atoms with Crippen molar-refractivity contribution >= 4 is 12.0 Å². The average Bonchev–Trinajstić information content (AvgIpc) is 3.19. The Labute approximate surface area is 178 Å². The van der Waals surface area contributed by atoms with Gasteiger partial charge in [-0.05, 0) is 55.7 Å². The number of carbonyl (C=O) groups is 2. The molecule has 0 saturated heterocycles. The third-order valence-corrected chi connectivity index (χ3v) is 4.53. The molecule has 2 rings (SSSR count). The molecule has 0 saturated carbocycles. The van der Waals surface area contributed by atoms with Crippen molar-refractivity contribution in [3.05, 3.63) is 42.2 Å². The maximum absolute atomic E-state index is 12.3. The minimum atomic E-state index is -0.459. The quantitative estimate of drug-likeness (QED) is 0.574. The van der Waals surface area contributed by atoms with E-state index in [2.05, 4.69) is 24.5 Å². The summed E-state index contributed by atoms with van der Waals surface area (Å²) in [4.78, 5) is 23.9. The summed E-state index contributed by atoms with van der Waals surface area (Å²) < 4.78 is 16.0. The van der Waals surface area contributed by atoms with Gasteiger partial charge in [0, 0.05) is 31.0 Å². The minimum absolute atomic E-state index is 0.0863. The molecule has 7 heteroatoms. The Morgan fingerprint density at radius 3 is 2.47 bits per heavy atom. The number of furan rings is 1. The van der Waals surface area contributed by atoms with Crippen LogP contribution in [-0.4, -0.2) is 38.3 Å². The smallest absolute Gasteiger partial charge is 0.407 e. The number of methoxy groups -OCH3 is 1. The first-order chi connectivity index (χ1) is 14.4. The zero-order valence-corrected chi connectivity index (χ0v) is 18.2. The zero-order chi connectivity index (χ0) is 21.9. The number of carbonyl (C=O) groups excluding carboxylic acids is 2. The summed E-state index contributed by atoms with van der Waals surface area (Å²) in [5.41, 5.74) is 0.952. The summed E-state index contributed by atoms with van der Waals surface area (Å²) >= 11 is 0. The van der Waals surface area contributed by atoms with E-state index in [1.54, 1.807) is 14.0 Å². The summed E-state index contributed by atoms with van der Waals surface area (Å²) in [6.07, 6.45) is 1.10. The van der Waals surface area contributed by atoms with Crippen molar-refractivity contribution in [1.82, 2.24) is 10.6 Å². The SMILES string of the molecule is CCOC(=O)NC(CNC(=O)CCc1ccc(-c2ccc(OC)cc2)o1)CC(C)C. The highest BCUT2D eigenvalue weighted by molar-refractivity contribution is 5.76. The Hall–Kier alpha value is -2.96. The second-order valence-corrected chi connectivity index (χ2v) is 7.49. The number of alkyl carbamates (subject to hydrolysis) is 1. The second-order valence-electron chi connectivity index (χ2n) is 7.49. The van der Waals surface area contributed by atoms with E-state index in [0.717, 1.165) is 29.3 Å². The summed E-state index contributed by atoms with van der Waals surface area (Å²) in [7, 11) is 1.63. The molecule has 0 fully saturated rings. The highest BCUT2D eigenvalue weighted by atomic mass is 16.5. The van der Waals surface area contributed by atoms with Gasteiger partial charge in [0.05, 0.1) is 13.7 Å². The molecule has 1 atom stereocenters. The summed E-state index contributed by atoms with van der Waals surface area (Å²) in [6, 6.07) is 11.2. The fraction of sp³-hybridized carbons (Fsp3) is 0.478. The van der Waals surface area contributed by atoms with E-state index in [9.17, 15) is 9.59 Å². The normalized spacial score (nSPS) is 11.8. The van der Waals surface area contributed by atoms with Crippen molar-refractivity contribution in [3.63, 3.8) is 0 Å². The third kappa shape index (κ3) is 7.81. The van der Waals surface area contributed by atoms with Gasteiger partial charge >= 0.3 is 6.09 Å². The first kappa shape index (κ1) is 23.3. The molecule has 0 bridgehead atoms. The average molecular weight is 417 g/mol. The van der Waals surface area contributed by atoms with Crippen LogP contribution in [0.5, 0.6) is 5.75 Å². The molecule has 30 heavy (non-hydrogen) atoms. The number of hydrogen-bond donors (Lipinski definition) is 2. The van der Waals surface area contributed by atoms with Crippen LogP contribution in [0.2, 0.25) is 0 Å². The molecule has 0 aliphatic rings. The lowest BCUT2D eigenvalue weighted by Crippen LogP contribution is -2.44. The molecule has 2 N–H and O–H groups in total. The van der Waals surface area contributed by atoms with Gasteiger partial charge in [-0.25, -0.2) is 4.79 Å². The molecule has 2 amide bonds. The third-order valence-electron chi connectivity index (χ3n) is 4.53. The van der Waals surface area contributed by atoms with E-state index in [1.165, 1.54) is 0 Å². The van der Waals surface area contributed by atoms with Crippen LogP contribution >= 0.6 is 0 Å². The van der Waals surface area contributed by atoms with E-state index in [-0.39, 0.29) is 11.9 Å². The lowest BCUT2D eigenvalue weighted by atomic mass is 10.0. The van der Waals surface area contributed by atoms with E-state index >= 15 is 0 Å². The lowest BCUT2D eigenvalue weighted by Gasteiger charge is -2.20. The van der Waals surface area contributed by atoms with E-state index < -0.39 is 6.09 Å². The second kappa shape index (κ2) is 11.9. The fourth-order valence-corrected chi connectivity index (χ4v) is 3.09. The molecule has 0 spiro atoms. The van der Waals surface area contributed by atoms with Crippen molar-refractivity contribution in [1.29, 1.82) is 0 Å². The van der Waals surface area contributed by atoms with Gasteiger partial charge in [0.25, 0.3) is 0 Å². The summed E-state index contributed by atoms with van der Waals surface area (Å²) in [6.45, 7) is 6.57. The Balaban J connectivity index is 1.81. The van der Waals surface area contributed by atoms with Crippen LogP contribution < -0.4 is 15.4 Å². The zero-order valence-electron chi connectivity index (χ0n) is 18.2. The van der Waals surface area contributed by atoms with Crippen molar-refractivity contribution in [2.24, 2.45) is 5.92 Å². The number of benzene rings is 1. The van der Waals surface area contributed by atoms with Gasteiger partial charge in [-0.15, -0.1) is 0 Å². The van der Waals surface area contributed by atoms with Gasteiger partial charge in [-0.3, -0.25) is 4.79 Å². The van der Waals surface area contributed by atoms with Crippen molar-refractivity contribution < 1.29 is 23.5 Å². The van der Waals surface area contributed by atoms with Crippen molar-refractivity contribution in [2.75, 3.05) is 20.3 Å². The van der Waals surface area contributed by atoms with Crippen LogP contribution in [0.3, 0.4) is 0 Å². The van der Waals surface area contributed by atoms with Gasteiger partial charge in [0.2, 0.25) is 5.91 Å². The first-order valence-corrected chi connectivity index (χ1v) is 10.3. The van der Waals surface area contributed by atoms with Crippen LogP contribution in [0.4, 0.5) is 4.79 Å². The van der Waals surface area contributed by atoms with Crippen LogP contribution in [0.25, 0.3) is 11.3 Å². The van der Waals surface area contributed by atoms with E-state index in [4.69, 9.17) is 13.9 Å². The molecule has 0 radical (unpaired) electrons. The van der Waals surface area contributed by atoms with Crippen LogP contribution in [0.15, 0.2) is 40.8 Å². The number of aryl methyl sites for hydroxylation is 1. The molecule has 1 aromatic carbocycles. The standard InChI is InChI=1S/C23H32N2O5/c1-5-29-23(27)25-18(14-16(2)3)15-24-22(26)13-11-20-10-12-21(30-20)17-6-8-19(28-4)9-7-17/h6-10,12,16,18H,5,11,13-15H2,1-4H3,(H,24,26)(H,25,27). The molecule has 0 aliphatic carbocycles. The van der Waals surface area contributed by atoms with Crippen LogP contribution in [0.1, 0.15) is 39.4 Å². The Bertz CT molecular complexity index is 798. The van der Waals surface area contributed by atoms with Gasteiger partial charge in [-0.2, -0.15) is 0 Å². The van der Waals surface area contributed by atoms with Crippen LogP contribution in [-0.2, 0) is 16.0 Å². The molecule has 7 nitrogen and oxygen atoms in total. The Kier molecular flexibility index (Phi) is 9.25. The topological polar surface area (TPSA) is 89.8 Å². The number of rotatable bonds is 11. The molecular weight excluding hydrogens is 384 g/mol. The molecule has 0 aliphatic heterocycles. The maximum Gasteiger partial charge on any atom is 0.407 e. The molecule has 1 heterocycles. The Morgan fingerprint density at radius 1 is 1.10 bits per heavy atom. The number of amides is 2. The van der Waals surface area contributed by atoms with Crippen LogP contribution in [0, 0.1) is 5.92 Å². The first-order valence-electron chi connectivity index (χ1n) is 10.3. The van der Waals surface area contributed by atoms with Gasteiger partial charge in [0.15, 0.2) is 0 Å². The van der Waals surface area contributed by atoms with Gasteiger partial charge in [0.1, 0.15) is 17.3 Å². The van der Waals surface area contributed by atoms with Crippen molar-refractivity contribution in [2.45, 2.75) is 46.1 Å². The maximum atomic E-state index is 12.3. The molecular formula is C23H32N2O5. The van der Waals surface area contributed by atoms with E-state index in [1.807, 2.05) is 36.4 Å². The largest absolute Gasteiger partial charge is 0.497 e. The Morgan fingerprint density at radius 2 is 1.83 bits per heavy atom. The fourth-order valence-electron chi connectivity index (χ4n) is 3.09. The van der Waals surface area contributed by atoms with Crippen molar-refractivity contribution in [3.8, 4) is 17.1 Å². The van der Waals surface area contributed by atoms with Gasteiger partial charge in [-0.1, -0.05) is 13.8 Å². The predicted molar refractivity (Wildman–Crippen MR) is 115 cm³/mol. The minimum Gasteiger partial charge on any atom is -0.497 e. The predicted octanol–water partition coefficient (Wildman–Crippen LogP) is 4.16. The van der Waals surface area contributed by atoms with E-state index in [0.29, 0.717) is 31.9 Å². The number of ether oxygens (including phenoxy) is 2. The summed E-state index contributed by atoms with van der Waals surface area (Å²) in [5, 5.41) is 5.70. The number of nitrogens with one attached hydrogen (secondary N) is 2. The van der Waals surface area contributed by atoms with Gasteiger partial charge < -0.3 is 24.5 Å². The molecule has 1 aromatic heterocycles. The molecule has 1 unspecified atom stereocenters. The summed E-state index contributed by atoms with van der Waals surface area (Å²) in [5.74, 6) is 2.59. The number of hydrogen-bond acceptors (Lipinski definition) is 5.